The van der Waals surface area contributed by atoms with Gasteiger partial charge >= 0.3 is 12.0 Å². The Kier molecular flexibility index (Phi) is 7.39. The van der Waals surface area contributed by atoms with Crippen molar-refractivity contribution in [2.24, 2.45) is 5.92 Å². The van der Waals surface area contributed by atoms with E-state index in [2.05, 4.69) is 5.32 Å². The Labute approximate surface area is 110 Å². The van der Waals surface area contributed by atoms with E-state index in [9.17, 15) is 9.59 Å². The van der Waals surface area contributed by atoms with Gasteiger partial charge in [0.1, 0.15) is 6.04 Å². The summed E-state index contributed by atoms with van der Waals surface area (Å²) in [6, 6.07) is -0.984. The van der Waals surface area contributed by atoms with E-state index in [1.807, 2.05) is 27.7 Å². The summed E-state index contributed by atoms with van der Waals surface area (Å²) in [5.41, 5.74) is 0. The van der Waals surface area contributed by atoms with Crippen LogP contribution in [0.2, 0.25) is 0 Å². The molecule has 0 saturated carbocycles. The van der Waals surface area contributed by atoms with Crippen LogP contribution >= 0.6 is 0 Å². The molecule has 0 aliphatic carbocycles. The van der Waals surface area contributed by atoms with Crippen LogP contribution in [0.1, 0.15) is 47.5 Å². The Morgan fingerprint density at radius 1 is 1.17 bits per heavy atom. The second-order valence-corrected chi connectivity index (χ2v) is 5.03. The summed E-state index contributed by atoms with van der Waals surface area (Å²) < 4.78 is 0. The normalized spacial score (nSPS) is 12.6. The van der Waals surface area contributed by atoms with Gasteiger partial charge in [-0.1, -0.05) is 27.7 Å². The van der Waals surface area contributed by atoms with Gasteiger partial charge in [-0.05, 0) is 25.7 Å². The van der Waals surface area contributed by atoms with Crippen LogP contribution in [0.5, 0.6) is 0 Å². The van der Waals surface area contributed by atoms with E-state index in [4.69, 9.17) is 5.11 Å². The van der Waals surface area contributed by atoms with E-state index in [0.29, 0.717) is 12.5 Å². The average Bonchev–Trinajstić information content (AvgIpc) is 2.28. The minimum atomic E-state index is -1.02. The maximum atomic E-state index is 12.1. The molecule has 0 fully saturated rings. The number of aliphatic carboxylic acids is 1. The predicted molar refractivity (Wildman–Crippen MR) is 71.5 cm³/mol. The number of hydrogen-bond acceptors (Lipinski definition) is 2. The number of urea groups is 1. The van der Waals surface area contributed by atoms with Gasteiger partial charge in [0.05, 0.1) is 0 Å². The van der Waals surface area contributed by atoms with Crippen molar-refractivity contribution in [3.63, 3.8) is 0 Å². The first kappa shape index (κ1) is 16.7. The van der Waals surface area contributed by atoms with Gasteiger partial charge in [0.2, 0.25) is 0 Å². The standard InChI is InChI=1S/C13H26N2O3/c1-6-11(7-2)15(8-9(3)4)13(18)14-10(5)12(16)17/h9-11H,6-8H2,1-5H3,(H,14,18)(H,16,17). The lowest BCUT2D eigenvalue weighted by Crippen LogP contribution is -2.51. The Hall–Kier alpha value is -1.26. The monoisotopic (exact) mass is 258 g/mol. The van der Waals surface area contributed by atoms with E-state index < -0.39 is 12.0 Å². The van der Waals surface area contributed by atoms with Gasteiger partial charge in [0.15, 0.2) is 0 Å². The second-order valence-electron chi connectivity index (χ2n) is 5.03. The van der Waals surface area contributed by atoms with Crippen molar-refractivity contribution in [1.29, 1.82) is 0 Å². The fourth-order valence-corrected chi connectivity index (χ4v) is 1.85. The molecule has 0 aromatic rings. The van der Waals surface area contributed by atoms with E-state index in [1.165, 1.54) is 6.92 Å². The molecule has 18 heavy (non-hydrogen) atoms. The number of nitrogens with one attached hydrogen (secondary N) is 1. The minimum Gasteiger partial charge on any atom is -0.480 e. The summed E-state index contributed by atoms with van der Waals surface area (Å²) in [5, 5.41) is 11.3. The van der Waals surface area contributed by atoms with Gasteiger partial charge in [0.25, 0.3) is 0 Å². The summed E-state index contributed by atoms with van der Waals surface area (Å²) >= 11 is 0. The van der Waals surface area contributed by atoms with Gasteiger partial charge in [-0.25, -0.2) is 4.79 Å². The lowest BCUT2D eigenvalue weighted by molar-refractivity contribution is -0.138. The SMILES string of the molecule is CCC(CC)N(CC(C)C)C(=O)NC(C)C(=O)O. The van der Waals surface area contributed by atoms with Crippen molar-refractivity contribution in [2.75, 3.05) is 6.54 Å². The summed E-state index contributed by atoms with van der Waals surface area (Å²) in [4.78, 5) is 24.6. The fraction of sp³-hybridized carbons (Fsp3) is 0.846. The van der Waals surface area contributed by atoms with Gasteiger partial charge in [-0.2, -0.15) is 0 Å². The molecule has 5 heteroatoms. The molecule has 0 bridgehead atoms. The van der Waals surface area contributed by atoms with Crippen molar-refractivity contribution in [3.8, 4) is 0 Å². The Morgan fingerprint density at radius 2 is 1.67 bits per heavy atom. The van der Waals surface area contributed by atoms with Gasteiger partial charge in [-0.3, -0.25) is 4.79 Å². The summed E-state index contributed by atoms with van der Waals surface area (Å²) in [7, 11) is 0. The van der Waals surface area contributed by atoms with Crippen LogP contribution in [0.25, 0.3) is 0 Å². The maximum Gasteiger partial charge on any atom is 0.325 e. The van der Waals surface area contributed by atoms with Crippen molar-refractivity contribution in [2.45, 2.75) is 59.5 Å². The number of amides is 2. The summed E-state index contributed by atoms with van der Waals surface area (Å²) in [6.07, 6.45) is 1.75. The molecular formula is C13H26N2O3. The fourth-order valence-electron chi connectivity index (χ4n) is 1.85. The van der Waals surface area contributed by atoms with Crippen LogP contribution in [-0.4, -0.2) is 40.6 Å². The maximum absolute atomic E-state index is 12.1. The third-order valence-electron chi connectivity index (χ3n) is 2.92. The van der Waals surface area contributed by atoms with Crippen molar-refractivity contribution in [3.05, 3.63) is 0 Å². The van der Waals surface area contributed by atoms with Crippen LogP contribution in [0.4, 0.5) is 4.79 Å². The smallest absolute Gasteiger partial charge is 0.325 e. The highest BCUT2D eigenvalue weighted by Gasteiger charge is 2.24. The largest absolute Gasteiger partial charge is 0.480 e. The second kappa shape index (κ2) is 7.95. The average molecular weight is 258 g/mol. The molecular weight excluding hydrogens is 232 g/mol. The highest BCUT2D eigenvalue weighted by atomic mass is 16.4. The number of carboxylic acid groups (broad SMARTS) is 1. The van der Waals surface area contributed by atoms with E-state index >= 15 is 0 Å². The zero-order valence-electron chi connectivity index (χ0n) is 12.1. The number of nitrogens with zero attached hydrogens (tertiary/aromatic N) is 1. The van der Waals surface area contributed by atoms with Gasteiger partial charge < -0.3 is 15.3 Å². The van der Waals surface area contributed by atoms with Crippen molar-refractivity contribution >= 4 is 12.0 Å². The summed E-state index contributed by atoms with van der Waals surface area (Å²) in [5.74, 6) is -0.658. The molecule has 106 valence electrons. The molecule has 1 unspecified atom stereocenters. The number of carbonyl (C=O) groups is 2. The Morgan fingerprint density at radius 3 is 2.00 bits per heavy atom. The first-order valence-corrected chi connectivity index (χ1v) is 6.63. The number of rotatable bonds is 7. The van der Waals surface area contributed by atoms with Crippen molar-refractivity contribution in [1.82, 2.24) is 10.2 Å². The molecule has 0 rings (SSSR count). The van der Waals surface area contributed by atoms with Gasteiger partial charge in [0, 0.05) is 12.6 Å². The Bertz CT molecular complexity index is 275. The first-order valence-electron chi connectivity index (χ1n) is 6.63. The van der Waals surface area contributed by atoms with Crippen LogP contribution in [0, 0.1) is 5.92 Å². The third kappa shape index (κ3) is 5.38. The summed E-state index contributed by atoms with van der Waals surface area (Å²) in [6.45, 7) is 10.3. The molecule has 2 N–H and O–H groups in total. The molecule has 0 aromatic carbocycles. The lowest BCUT2D eigenvalue weighted by atomic mass is 10.1. The quantitative estimate of drug-likeness (QED) is 0.736. The van der Waals surface area contributed by atoms with E-state index in [-0.39, 0.29) is 12.1 Å². The lowest BCUT2D eigenvalue weighted by Gasteiger charge is -2.32. The van der Waals surface area contributed by atoms with E-state index in [0.717, 1.165) is 12.8 Å². The highest BCUT2D eigenvalue weighted by Crippen LogP contribution is 2.12. The van der Waals surface area contributed by atoms with Crippen LogP contribution < -0.4 is 5.32 Å². The number of carbonyl (C=O) groups excluding carboxylic acids is 1. The molecule has 0 radical (unpaired) electrons. The van der Waals surface area contributed by atoms with Crippen LogP contribution in [0.15, 0.2) is 0 Å². The molecule has 0 spiro atoms. The molecule has 0 aliphatic rings. The van der Waals surface area contributed by atoms with E-state index in [1.54, 1.807) is 4.90 Å². The number of hydrogen-bond donors (Lipinski definition) is 2. The topological polar surface area (TPSA) is 69.6 Å². The molecule has 0 saturated heterocycles. The Balaban J connectivity index is 4.73. The van der Waals surface area contributed by atoms with Crippen LogP contribution in [-0.2, 0) is 4.79 Å². The first-order chi connectivity index (χ1) is 8.33. The van der Waals surface area contributed by atoms with Gasteiger partial charge in [-0.15, -0.1) is 0 Å². The predicted octanol–water partition coefficient (Wildman–Crippen LogP) is 2.32. The van der Waals surface area contributed by atoms with Crippen LogP contribution in [0.3, 0.4) is 0 Å². The molecule has 1 atom stereocenters. The zero-order valence-corrected chi connectivity index (χ0v) is 12.1. The molecule has 0 aromatic heterocycles. The molecule has 0 aliphatic heterocycles. The molecule has 5 nitrogen and oxygen atoms in total. The third-order valence-corrected chi connectivity index (χ3v) is 2.92. The zero-order chi connectivity index (χ0) is 14.3. The molecule has 2 amide bonds. The van der Waals surface area contributed by atoms with Crippen molar-refractivity contribution < 1.29 is 14.7 Å². The minimum absolute atomic E-state index is 0.161. The number of carboxylic acids is 1. The highest BCUT2D eigenvalue weighted by molar-refractivity contribution is 5.82. The molecule has 0 heterocycles.